The number of aromatic nitrogens is 1. The molecule has 9 nitrogen and oxygen atoms in total. The fourth-order valence-corrected chi connectivity index (χ4v) is 1.21. The van der Waals surface area contributed by atoms with Crippen molar-refractivity contribution in [3.8, 4) is 0 Å². The molecule has 0 atom stereocenters. The van der Waals surface area contributed by atoms with Gasteiger partial charge in [-0.1, -0.05) is 0 Å². The van der Waals surface area contributed by atoms with Gasteiger partial charge in [-0.05, 0) is 22.9 Å². The highest BCUT2D eigenvalue weighted by Crippen LogP contribution is 2.09. The minimum absolute atomic E-state index is 0.120. The van der Waals surface area contributed by atoms with Gasteiger partial charge >= 0.3 is 0 Å². The number of nitrogens with zero attached hydrogens (tertiary/aromatic N) is 5. The number of anilines is 1. The Morgan fingerprint density at radius 1 is 1.78 bits per heavy atom. The first-order chi connectivity index (χ1) is 8.52. The molecule has 0 bridgehead atoms. The minimum Gasteiger partial charge on any atom is -0.350 e. The fourth-order valence-electron chi connectivity index (χ4n) is 1.21. The van der Waals surface area contributed by atoms with Crippen molar-refractivity contribution in [1.82, 2.24) is 9.99 Å². The first-order valence-corrected chi connectivity index (χ1v) is 4.92. The van der Waals surface area contributed by atoms with Gasteiger partial charge in [0.2, 0.25) is 5.91 Å². The van der Waals surface area contributed by atoms with E-state index in [1.807, 2.05) is 0 Å². The molecule has 1 heterocycles. The number of rotatable bonds is 4. The maximum absolute atomic E-state index is 10.9. The Morgan fingerprint density at radius 2 is 2.50 bits per heavy atom. The second-order valence-corrected chi connectivity index (χ2v) is 3.35. The molecule has 0 radical (unpaired) electrons. The summed E-state index contributed by atoms with van der Waals surface area (Å²) in [4.78, 5) is 17.4. The van der Waals surface area contributed by atoms with Crippen molar-refractivity contribution in [2.24, 2.45) is 11.0 Å². The van der Waals surface area contributed by atoms with E-state index in [9.17, 15) is 4.79 Å². The molecule has 0 unspecified atom stereocenters. The van der Waals surface area contributed by atoms with Gasteiger partial charge in [0.05, 0.1) is 0 Å². The average Bonchev–Trinajstić information content (AvgIpc) is 2.28. The van der Waals surface area contributed by atoms with E-state index < -0.39 is 0 Å². The second-order valence-electron chi connectivity index (χ2n) is 3.35. The topological polar surface area (TPSA) is 144 Å². The van der Waals surface area contributed by atoms with Crippen LogP contribution in [0.5, 0.6) is 0 Å². The van der Waals surface area contributed by atoms with E-state index in [0.717, 1.165) is 5.01 Å². The van der Waals surface area contributed by atoms with Crippen molar-refractivity contribution in [2.45, 2.75) is 13.5 Å². The Morgan fingerprint density at radius 3 is 3.06 bits per heavy atom. The van der Waals surface area contributed by atoms with Gasteiger partial charge in [0.15, 0.2) is 0 Å². The van der Waals surface area contributed by atoms with Gasteiger partial charge in [0, 0.05) is 13.1 Å². The number of carbonyl (C=O) groups excluding carboxylic acids is 1. The summed E-state index contributed by atoms with van der Waals surface area (Å²) in [6.45, 7) is 1.49. The van der Waals surface area contributed by atoms with E-state index in [2.05, 4.69) is 20.4 Å². The molecule has 94 valence electrons. The molecule has 0 saturated carbocycles. The zero-order chi connectivity index (χ0) is 13.5. The molecule has 4 N–H and O–H groups in total. The molecule has 1 rings (SSSR count). The van der Waals surface area contributed by atoms with Crippen molar-refractivity contribution in [2.75, 3.05) is 5.32 Å². The van der Waals surface area contributed by atoms with Crippen molar-refractivity contribution in [1.29, 1.82) is 5.41 Å². The lowest BCUT2D eigenvalue weighted by atomic mass is 10.2. The Balaban J connectivity index is 2.86. The number of guanidine groups is 1. The quantitative estimate of drug-likeness (QED) is 0.182. The molecular weight excluding hydrogens is 236 g/mol. The predicted molar refractivity (Wildman–Crippen MR) is 65.1 cm³/mol. The van der Waals surface area contributed by atoms with E-state index in [1.165, 1.54) is 13.1 Å². The van der Waals surface area contributed by atoms with Gasteiger partial charge in [-0.15, -0.1) is 5.53 Å². The van der Waals surface area contributed by atoms with Crippen LogP contribution in [-0.4, -0.2) is 21.9 Å². The van der Waals surface area contributed by atoms with Crippen LogP contribution in [0.3, 0.4) is 0 Å². The highest BCUT2D eigenvalue weighted by Gasteiger charge is 2.10. The summed E-state index contributed by atoms with van der Waals surface area (Å²) in [7, 11) is 0. The van der Waals surface area contributed by atoms with Crippen molar-refractivity contribution < 1.29 is 4.79 Å². The molecule has 0 aliphatic carbocycles. The van der Waals surface area contributed by atoms with Crippen LogP contribution in [0, 0.1) is 5.41 Å². The number of pyridine rings is 1. The zero-order valence-corrected chi connectivity index (χ0v) is 9.66. The normalized spacial score (nSPS) is 9.17. The van der Waals surface area contributed by atoms with Gasteiger partial charge in [-0.3, -0.25) is 4.79 Å². The van der Waals surface area contributed by atoms with E-state index in [0.29, 0.717) is 11.4 Å². The largest absolute Gasteiger partial charge is 0.350 e. The molecule has 0 spiro atoms. The van der Waals surface area contributed by atoms with Crippen LogP contribution in [0.15, 0.2) is 23.6 Å². The molecule has 0 aliphatic rings. The molecule has 0 aromatic carbocycles. The van der Waals surface area contributed by atoms with Gasteiger partial charge in [0.1, 0.15) is 12.4 Å². The monoisotopic (exact) mass is 248 g/mol. The number of amides is 1. The lowest BCUT2D eigenvalue weighted by Gasteiger charge is -2.11. The Kier molecular flexibility index (Phi) is 4.47. The maximum Gasteiger partial charge on any atom is 0.287 e. The summed E-state index contributed by atoms with van der Waals surface area (Å²) in [5.74, 6) is -0.228. The fraction of sp³-hybridized carbons (Fsp3) is 0.222. The van der Waals surface area contributed by atoms with Crippen LogP contribution in [0.4, 0.5) is 5.82 Å². The summed E-state index contributed by atoms with van der Waals surface area (Å²) < 4.78 is 0. The van der Waals surface area contributed by atoms with Gasteiger partial charge in [-0.2, -0.15) is 9.92 Å². The number of carbonyl (C=O) groups is 1. The molecular formula is C9H12N8O. The number of nitrogens with one attached hydrogen (secondary N) is 2. The van der Waals surface area contributed by atoms with Crippen molar-refractivity contribution in [3.05, 3.63) is 34.3 Å². The van der Waals surface area contributed by atoms with Crippen LogP contribution in [0.25, 0.3) is 10.4 Å². The van der Waals surface area contributed by atoms with Gasteiger partial charge < -0.3 is 11.1 Å². The SMILES string of the molecule is CC(=O)Nc1cc(CN(N=[N+]=[N-])C(=N)N)ccn1. The summed E-state index contributed by atoms with van der Waals surface area (Å²) in [6, 6.07) is 3.26. The van der Waals surface area contributed by atoms with E-state index in [1.54, 1.807) is 12.1 Å². The summed E-state index contributed by atoms with van der Waals surface area (Å²) in [6.07, 6.45) is 1.50. The molecule has 1 aromatic heterocycles. The van der Waals surface area contributed by atoms with Crippen LogP contribution in [-0.2, 0) is 11.3 Å². The van der Waals surface area contributed by atoms with E-state index in [-0.39, 0.29) is 18.4 Å². The molecule has 1 aromatic rings. The van der Waals surface area contributed by atoms with Crippen LogP contribution in [0.2, 0.25) is 0 Å². The average molecular weight is 248 g/mol. The van der Waals surface area contributed by atoms with Crippen LogP contribution >= 0.6 is 0 Å². The van der Waals surface area contributed by atoms with Crippen LogP contribution < -0.4 is 11.1 Å². The molecule has 1 amide bonds. The lowest BCUT2D eigenvalue weighted by molar-refractivity contribution is -0.114. The smallest absolute Gasteiger partial charge is 0.287 e. The number of hydrogen-bond donors (Lipinski definition) is 3. The van der Waals surface area contributed by atoms with E-state index >= 15 is 0 Å². The third-order valence-corrected chi connectivity index (χ3v) is 1.89. The zero-order valence-electron chi connectivity index (χ0n) is 9.66. The number of hydrogen-bond acceptors (Lipinski definition) is 4. The highest BCUT2D eigenvalue weighted by molar-refractivity contribution is 5.87. The Bertz CT molecular complexity index is 505. The lowest BCUT2D eigenvalue weighted by Crippen LogP contribution is -2.31. The third-order valence-electron chi connectivity index (χ3n) is 1.89. The second kappa shape index (κ2) is 6.06. The van der Waals surface area contributed by atoms with Gasteiger partial charge in [0.25, 0.3) is 5.96 Å². The minimum atomic E-state index is -0.370. The summed E-state index contributed by atoms with van der Waals surface area (Å²) in [5, 5.41) is 14.0. The van der Waals surface area contributed by atoms with Gasteiger partial charge in [-0.25, -0.2) is 10.4 Å². The van der Waals surface area contributed by atoms with Crippen LogP contribution in [0.1, 0.15) is 12.5 Å². The maximum atomic E-state index is 10.9. The molecule has 0 saturated heterocycles. The number of nitrogens with two attached hydrogens (primary N) is 1. The number of azide groups is 1. The Labute approximate surface area is 103 Å². The van der Waals surface area contributed by atoms with Crippen molar-refractivity contribution >= 4 is 17.7 Å². The summed E-state index contributed by atoms with van der Waals surface area (Å²) in [5.41, 5.74) is 14.3. The first-order valence-electron chi connectivity index (χ1n) is 4.92. The molecule has 9 heteroatoms. The first kappa shape index (κ1) is 13.3. The third kappa shape index (κ3) is 3.99. The molecule has 18 heavy (non-hydrogen) atoms. The Hall–Kier alpha value is -2.80. The standard InChI is InChI=1S/C9H12N8O/c1-6(18)14-8-4-7(2-3-13-8)5-17(9(10)11)16-15-12/h2-4H,5H2,1H3,(H3,10,11)(H,13,14,18). The predicted octanol–water partition coefficient (Wildman–Crippen LogP) is 0.961. The summed E-state index contributed by atoms with van der Waals surface area (Å²) >= 11 is 0. The van der Waals surface area contributed by atoms with E-state index in [4.69, 9.17) is 16.7 Å². The molecule has 0 aliphatic heterocycles. The van der Waals surface area contributed by atoms with Crippen molar-refractivity contribution in [3.63, 3.8) is 0 Å². The molecule has 0 fully saturated rings. The highest BCUT2D eigenvalue weighted by atomic mass is 16.1.